The van der Waals surface area contributed by atoms with E-state index in [4.69, 9.17) is 0 Å². The van der Waals surface area contributed by atoms with Gasteiger partial charge in [-0.2, -0.15) is 0 Å². The Hall–Kier alpha value is -1.29. The molecule has 0 spiro atoms. The standard InChI is InChI=1S/C15H25N3O/c1-3-12-4-6-15(19,7-5-12)11-18-14-8-13(16-2)9-17-10-14/h8-10,12,16,18-19H,3-7,11H2,1-2H3. The molecule has 3 N–H and O–H groups in total. The molecule has 0 aliphatic heterocycles. The Balaban J connectivity index is 1.87. The first-order valence-electron chi connectivity index (χ1n) is 7.24. The van der Waals surface area contributed by atoms with Gasteiger partial charge in [0.25, 0.3) is 0 Å². The molecule has 0 radical (unpaired) electrons. The summed E-state index contributed by atoms with van der Waals surface area (Å²) in [5, 5.41) is 16.9. The Kier molecular flexibility index (Phi) is 4.64. The fourth-order valence-electron chi connectivity index (χ4n) is 2.74. The molecule has 0 unspecified atom stereocenters. The molecule has 0 atom stereocenters. The van der Waals surface area contributed by atoms with Crippen molar-refractivity contribution in [1.82, 2.24) is 4.98 Å². The molecule has 19 heavy (non-hydrogen) atoms. The molecule has 1 aromatic heterocycles. The van der Waals surface area contributed by atoms with Crippen molar-refractivity contribution in [2.24, 2.45) is 5.92 Å². The van der Waals surface area contributed by atoms with Crippen LogP contribution in [0.4, 0.5) is 11.4 Å². The number of nitrogens with one attached hydrogen (secondary N) is 2. The quantitative estimate of drug-likeness (QED) is 0.764. The van der Waals surface area contributed by atoms with Crippen molar-refractivity contribution >= 4 is 11.4 Å². The number of aromatic nitrogens is 1. The zero-order valence-corrected chi connectivity index (χ0v) is 11.9. The van der Waals surface area contributed by atoms with Crippen LogP contribution < -0.4 is 10.6 Å². The van der Waals surface area contributed by atoms with Crippen LogP contribution in [-0.4, -0.2) is 29.3 Å². The summed E-state index contributed by atoms with van der Waals surface area (Å²) in [6.45, 7) is 2.85. The van der Waals surface area contributed by atoms with Crippen LogP contribution in [-0.2, 0) is 0 Å². The normalized spacial score (nSPS) is 27.0. The minimum atomic E-state index is -0.554. The number of aliphatic hydroxyl groups is 1. The lowest BCUT2D eigenvalue weighted by Gasteiger charge is -2.36. The second-order valence-corrected chi connectivity index (χ2v) is 5.64. The molecule has 4 heteroatoms. The molecule has 0 amide bonds. The first kappa shape index (κ1) is 14.1. The van der Waals surface area contributed by atoms with Gasteiger partial charge in [-0.3, -0.25) is 4.98 Å². The minimum absolute atomic E-state index is 0.554. The smallest absolute Gasteiger partial charge is 0.0819 e. The summed E-state index contributed by atoms with van der Waals surface area (Å²) < 4.78 is 0. The number of pyridine rings is 1. The minimum Gasteiger partial charge on any atom is -0.388 e. The molecule has 4 nitrogen and oxygen atoms in total. The lowest BCUT2D eigenvalue weighted by molar-refractivity contribution is 0.00229. The molecular weight excluding hydrogens is 238 g/mol. The van der Waals surface area contributed by atoms with E-state index in [-0.39, 0.29) is 0 Å². The Morgan fingerprint density at radius 3 is 2.63 bits per heavy atom. The van der Waals surface area contributed by atoms with Crippen LogP contribution in [0.15, 0.2) is 18.5 Å². The fraction of sp³-hybridized carbons (Fsp3) is 0.667. The third-order valence-corrected chi connectivity index (χ3v) is 4.26. The average molecular weight is 263 g/mol. The van der Waals surface area contributed by atoms with Crippen LogP contribution in [0.25, 0.3) is 0 Å². The summed E-state index contributed by atoms with van der Waals surface area (Å²) in [6.07, 6.45) is 8.90. The van der Waals surface area contributed by atoms with Crippen molar-refractivity contribution < 1.29 is 5.11 Å². The van der Waals surface area contributed by atoms with Gasteiger partial charge in [0.05, 0.1) is 29.4 Å². The van der Waals surface area contributed by atoms with E-state index in [0.717, 1.165) is 43.0 Å². The number of hydrogen-bond acceptors (Lipinski definition) is 4. The van der Waals surface area contributed by atoms with Gasteiger partial charge in [-0.25, -0.2) is 0 Å². The molecule has 106 valence electrons. The van der Waals surface area contributed by atoms with E-state index in [1.54, 1.807) is 12.4 Å². The molecule has 1 fully saturated rings. The van der Waals surface area contributed by atoms with E-state index in [1.807, 2.05) is 13.1 Å². The average Bonchev–Trinajstić information content (AvgIpc) is 2.46. The van der Waals surface area contributed by atoms with Crippen LogP contribution in [0.2, 0.25) is 0 Å². The third-order valence-electron chi connectivity index (χ3n) is 4.26. The van der Waals surface area contributed by atoms with Gasteiger partial charge in [-0.1, -0.05) is 13.3 Å². The maximum absolute atomic E-state index is 10.6. The second kappa shape index (κ2) is 6.24. The van der Waals surface area contributed by atoms with Crippen molar-refractivity contribution in [3.8, 4) is 0 Å². The molecule has 0 aromatic carbocycles. The van der Waals surface area contributed by atoms with Crippen molar-refractivity contribution in [3.05, 3.63) is 18.5 Å². The molecule has 0 saturated heterocycles. The summed E-state index contributed by atoms with van der Waals surface area (Å²) >= 11 is 0. The second-order valence-electron chi connectivity index (χ2n) is 5.64. The van der Waals surface area contributed by atoms with Gasteiger partial charge in [-0.15, -0.1) is 0 Å². The maximum atomic E-state index is 10.6. The summed E-state index contributed by atoms with van der Waals surface area (Å²) in [5.74, 6) is 0.801. The summed E-state index contributed by atoms with van der Waals surface area (Å²) in [4.78, 5) is 4.16. The van der Waals surface area contributed by atoms with Crippen molar-refractivity contribution in [2.75, 3.05) is 24.2 Å². The van der Waals surface area contributed by atoms with Gasteiger partial charge in [0.1, 0.15) is 0 Å². The third kappa shape index (κ3) is 3.83. The maximum Gasteiger partial charge on any atom is 0.0819 e. The van der Waals surface area contributed by atoms with E-state index >= 15 is 0 Å². The number of hydrogen-bond donors (Lipinski definition) is 3. The van der Waals surface area contributed by atoms with Crippen LogP contribution >= 0.6 is 0 Å². The SMILES string of the molecule is CCC1CCC(O)(CNc2cncc(NC)c2)CC1. The Labute approximate surface area is 115 Å². The lowest BCUT2D eigenvalue weighted by Crippen LogP contribution is -2.40. The lowest BCUT2D eigenvalue weighted by atomic mass is 9.78. The van der Waals surface area contributed by atoms with Gasteiger partial charge >= 0.3 is 0 Å². The first-order valence-corrected chi connectivity index (χ1v) is 7.24. The highest BCUT2D eigenvalue weighted by molar-refractivity contribution is 5.53. The van der Waals surface area contributed by atoms with Gasteiger partial charge < -0.3 is 15.7 Å². The first-order chi connectivity index (χ1) is 9.15. The highest BCUT2D eigenvalue weighted by Crippen LogP contribution is 2.33. The Morgan fingerprint density at radius 2 is 2.00 bits per heavy atom. The largest absolute Gasteiger partial charge is 0.388 e. The summed E-state index contributed by atoms with van der Waals surface area (Å²) in [6, 6.07) is 2.01. The fourth-order valence-corrected chi connectivity index (χ4v) is 2.74. The highest BCUT2D eigenvalue weighted by Gasteiger charge is 2.32. The summed E-state index contributed by atoms with van der Waals surface area (Å²) in [7, 11) is 1.88. The number of anilines is 2. The van der Waals surface area contributed by atoms with Crippen LogP contribution in [0.5, 0.6) is 0 Å². The van der Waals surface area contributed by atoms with Crippen LogP contribution in [0.1, 0.15) is 39.0 Å². The zero-order valence-electron chi connectivity index (χ0n) is 11.9. The monoisotopic (exact) mass is 263 g/mol. The van der Waals surface area contributed by atoms with Gasteiger partial charge in [-0.05, 0) is 37.7 Å². The van der Waals surface area contributed by atoms with Crippen molar-refractivity contribution in [2.45, 2.75) is 44.6 Å². The molecule has 1 saturated carbocycles. The molecular formula is C15H25N3O. The van der Waals surface area contributed by atoms with E-state index in [0.29, 0.717) is 6.54 Å². The molecule has 1 aromatic rings. The Bertz CT molecular complexity index is 400. The van der Waals surface area contributed by atoms with Crippen LogP contribution in [0.3, 0.4) is 0 Å². The molecule has 1 heterocycles. The Morgan fingerprint density at radius 1 is 1.32 bits per heavy atom. The van der Waals surface area contributed by atoms with Crippen molar-refractivity contribution in [3.63, 3.8) is 0 Å². The molecule has 0 bridgehead atoms. The zero-order chi connectivity index (χ0) is 13.7. The van der Waals surface area contributed by atoms with E-state index in [9.17, 15) is 5.11 Å². The molecule has 1 aliphatic carbocycles. The predicted molar refractivity (Wildman–Crippen MR) is 79.5 cm³/mol. The van der Waals surface area contributed by atoms with Crippen molar-refractivity contribution in [1.29, 1.82) is 0 Å². The van der Waals surface area contributed by atoms with E-state index < -0.39 is 5.60 Å². The van der Waals surface area contributed by atoms with Gasteiger partial charge in [0.15, 0.2) is 0 Å². The van der Waals surface area contributed by atoms with Gasteiger partial charge in [0, 0.05) is 13.6 Å². The molecule has 2 rings (SSSR count). The summed E-state index contributed by atoms with van der Waals surface area (Å²) in [5.41, 5.74) is 1.38. The number of nitrogens with zero attached hydrogens (tertiary/aromatic N) is 1. The predicted octanol–water partition coefficient (Wildman–Crippen LogP) is 2.87. The van der Waals surface area contributed by atoms with Gasteiger partial charge in [0.2, 0.25) is 0 Å². The van der Waals surface area contributed by atoms with Crippen LogP contribution in [0, 0.1) is 5.92 Å². The topological polar surface area (TPSA) is 57.2 Å². The number of rotatable bonds is 5. The van der Waals surface area contributed by atoms with E-state index in [2.05, 4.69) is 22.5 Å². The van der Waals surface area contributed by atoms with E-state index in [1.165, 1.54) is 6.42 Å². The highest BCUT2D eigenvalue weighted by atomic mass is 16.3. The molecule has 1 aliphatic rings.